The van der Waals surface area contributed by atoms with Crippen molar-refractivity contribution < 1.29 is 13.9 Å². The van der Waals surface area contributed by atoms with Crippen LogP contribution in [0, 0.1) is 0 Å². The Bertz CT molecular complexity index is 1000. The zero-order chi connectivity index (χ0) is 16.4. The number of fused-ring (bicyclic) bond motifs is 1. The molecule has 0 bridgehead atoms. The first-order valence-corrected chi connectivity index (χ1v) is 7.66. The fraction of sp³-hybridized carbons (Fsp3) is 0. The van der Waals surface area contributed by atoms with Gasteiger partial charge in [-0.1, -0.05) is 54.6 Å². The Kier molecular flexibility index (Phi) is 3.60. The highest BCUT2D eigenvalue weighted by molar-refractivity contribution is 6.00. The molecule has 4 aromatic rings. The third-order valence-corrected chi connectivity index (χ3v) is 3.89. The molecule has 4 rings (SSSR count). The summed E-state index contributed by atoms with van der Waals surface area (Å²) in [5.74, 6) is 0.109. The summed E-state index contributed by atoms with van der Waals surface area (Å²) in [5, 5.41) is 0.781. The number of benzene rings is 3. The van der Waals surface area contributed by atoms with E-state index in [0.717, 1.165) is 16.5 Å². The SMILES string of the molecule is O=C(Oc1cccc2occc12)c1ccccc1-c1ccccc1. The van der Waals surface area contributed by atoms with E-state index in [9.17, 15) is 4.79 Å². The van der Waals surface area contributed by atoms with Gasteiger partial charge < -0.3 is 9.15 Å². The van der Waals surface area contributed by atoms with Gasteiger partial charge in [-0.3, -0.25) is 0 Å². The molecule has 0 spiro atoms. The van der Waals surface area contributed by atoms with Crippen LogP contribution >= 0.6 is 0 Å². The van der Waals surface area contributed by atoms with E-state index in [2.05, 4.69) is 0 Å². The van der Waals surface area contributed by atoms with Gasteiger partial charge in [-0.15, -0.1) is 0 Å². The summed E-state index contributed by atoms with van der Waals surface area (Å²) >= 11 is 0. The summed E-state index contributed by atoms with van der Waals surface area (Å²) in [6, 6.07) is 24.4. The van der Waals surface area contributed by atoms with E-state index in [0.29, 0.717) is 16.9 Å². The number of ether oxygens (including phenoxy) is 1. The summed E-state index contributed by atoms with van der Waals surface area (Å²) in [6.07, 6.45) is 1.58. The van der Waals surface area contributed by atoms with E-state index in [1.807, 2.05) is 54.6 Å². The van der Waals surface area contributed by atoms with Crippen molar-refractivity contribution in [1.82, 2.24) is 0 Å². The monoisotopic (exact) mass is 314 g/mol. The predicted molar refractivity (Wildman–Crippen MR) is 93.1 cm³/mol. The van der Waals surface area contributed by atoms with E-state index in [1.165, 1.54) is 0 Å². The standard InChI is InChI=1S/C21H14O3/c22-21(24-20-12-6-11-19-18(20)13-14-23-19)17-10-5-4-9-16(17)15-7-2-1-3-8-15/h1-14H. The van der Waals surface area contributed by atoms with Crippen LogP contribution in [-0.4, -0.2) is 5.97 Å². The number of carbonyl (C=O) groups excluding carboxylic acids is 1. The van der Waals surface area contributed by atoms with Crippen molar-refractivity contribution in [1.29, 1.82) is 0 Å². The summed E-state index contributed by atoms with van der Waals surface area (Å²) in [4.78, 5) is 12.7. The van der Waals surface area contributed by atoms with Gasteiger partial charge in [0.15, 0.2) is 0 Å². The minimum absolute atomic E-state index is 0.386. The highest BCUT2D eigenvalue weighted by Gasteiger charge is 2.16. The zero-order valence-corrected chi connectivity index (χ0v) is 12.8. The fourth-order valence-corrected chi connectivity index (χ4v) is 2.74. The predicted octanol–water partition coefficient (Wildman–Crippen LogP) is 5.32. The van der Waals surface area contributed by atoms with Gasteiger partial charge in [-0.2, -0.15) is 0 Å². The minimum Gasteiger partial charge on any atom is -0.464 e. The van der Waals surface area contributed by atoms with Crippen LogP contribution in [0.2, 0.25) is 0 Å². The number of furan rings is 1. The third-order valence-electron chi connectivity index (χ3n) is 3.89. The van der Waals surface area contributed by atoms with Gasteiger partial charge in [-0.25, -0.2) is 4.79 Å². The molecule has 24 heavy (non-hydrogen) atoms. The Morgan fingerprint density at radius 2 is 1.58 bits per heavy atom. The molecule has 1 aromatic heterocycles. The van der Waals surface area contributed by atoms with Crippen LogP contribution in [-0.2, 0) is 0 Å². The molecule has 0 fully saturated rings. The van der Waals surface area contributed by atoms with E-state index < -0.39 is 0 Å². The smallest absolute Gasteiger partial charge is 0.344 e. The molecule has 0 N–H and O–H groups in total. The van der Waals surface area contributed by atoms with Crippen molar-refractivity contribution >= 4 is 16.9 Å². The van der Waals surface area contributed by atoms with Gasteiger partial charge in [-0.05, 0) is 35.4 Å². The number of hydrogen-bond acceptors (Lipinski definition) is 3. The van der Waals surface area contributed by atoms with Crippen molar-refractivity contribution in [3.63, 3.8) is 0 Å². The summed E-state index contributed by atoms with van der Waals surface area (Å²) in [6.45, 7) is 0. The number of esters is 1. The van der Waals surface area contributed by atoms with Crippen molar-refractivity contribution in [3.8, 4) is 16.9 Å². The van der Waals surface area contributed by atoms with E-state index >= 15 is 0 Å². The summed E-state index contributed by atoms with van der Waals surface area (Å²) in [5.41, 5.74) is 3.05. The van der Waals surface area contributed by atoms with Crippen LogP contribution in [0.25, 0.3) is 22.1 Å². The molecule has 0 aliphatic rings. The Hall–Kier alpha value is -3.33. The maximum absolute atomic E-state index is 12.7. The highest BCUT2D eigenvalue weighted by Crippen LogP contribution is 2.29. The average molecular weight is 314 g/mol. The molecule has 116 valence electrons. The Labute approximate surface area is 139 Å². The molecule has 0 saturated carbocycles. The number of hydrogen-bond donors (Lipinski definition) is 0. The van der Waals surface area contributed by atoms with Gasteiger partial charge in [0, 0.05) is 0 Å². The summed E-state index contributed by atoms with van der Waals surface area (Å²) < 4.78 is 11.0. The second kappa shape index (κ2) is 6.05. The van der Waals surface area contributed by atoms with Crippen LogP contribution in [0.4, 0.5) is 0 Å². The number of rotatable bonds is 3. The van der Waals surface area contributed by atoms with Crippen LogP contribution in [0.15, 0.2) is 89.5 Å². The quantitative estimate of drug-likeness (QED) is 0.379. The summed E-state index contributed by atoms with van der Waals surface area (Å²) in [7, 11) is 0. The lowest BCUT2D eigenvalue weighted by Gasteiger charge is -2.10. The Balaban J connectivity index is 1.72. The lowest BCUT2D eigenvalue weighted by Crippen LogP contribution is -2.10. The highest BCUT2D eigenvalue weighted by atomic mass is 16.5. The first-order chi connectivity index (χ1) is 11.8. The average Bonchev–Trinajstić information content (AvgIpc) is 3.12. The first-order valence-electron chi connectivity index (χ1n) is 7.66. The first kappa shape index (κ1) is 14.3. The molecular weight excluding hydrogens is 300 g/mol. The topological polar surface area (TPSA) is 39.4 Å². The lowest BCUT2D eigenvalue weighted by molar-refractivity contribution is 0.0738. The van der Waals surface area contributed by atoms with Crippen molar-refractivity contribution in [2.45, 2.75) is 0 Å². The lowest BCUT2D eigenvalue weighted by atomic mass is 10.00. The van der Waals surface area contributed by atoms with Crippen molar-refractivity contribution in [2.75, 3.05) is 0 Å². The second-order valence-corrected chi connectivity index (χ2v) is 5.39. The maximum atomic E-state index is 12.7. The fourth-order valence-electron chi connectivity index (χ4n) is 2.74. The number of carbonyl (C=O) groups is 1. The largest absolute Gasteiger partial charge is 0.464 e. The van der Waals surface area contributed by atoms with E-state index in [-0.39, 0.29) is 5.97 Å². The molecule has 0 atom stereocenters. The molecule has 3 aromatic carbocycles. The van der Waals surface area contributed by atoms with E-state index in [1.54, 1.807) is 30.5 Å². The minimum atomic E-state index is -0.386. The molecule has 0 aliphatic carbocycles. The molecule has 0 radical (unpaired) electrons. The maximum Gasteiger partial charge on any atom is 0.344 e. The van der Waals surface area contributed by atoms with Gasteiger partial charge in [0.05, 0.1) is 17.2 Å². The van der Waals surface area contributed by atoms with Crippen LogP contribution in [0.1, 0.15) is 10.4 Å². The van der Waals surface area contributed by atoms with Gasteiger partial charge in [0.25, 0.3) is 0 Å². The molecule has 1 heterocycles. The van der Waals surface area contributed by atoms with Crippen LogP contribution < -0.4 is 4.74 Å². The van der Waals surface area contributed by atoms with Crippen molar-refractivity contribution in [2.24, 2.45) is 0 Å². The van der Waals surface area contributed by atoms with Crippen LogP contribution in [0.5, 0.6) is 5.75 Å². The van der Waals surface area contributed by atoms with Crippen molar-refractivity contribution in [3.05, 3.63) is 90.7 Å². The Morgan fingerprint density at radius 3 is 2.46 bits per heavy atom. The Morgan fingerprint density at radius 1 is 0.792 bits per heavy atom. The molecule has 0 amide bonds. The molecule has 0 unspecified atom stereocenters. The molecular formula is C21H14O3. The van der Waals surface area contributed by atoms with Gasteiger partial charge >= 0.3 is 5.97 Å². The normalized spacial score (nSPS) is 10.7. The molecule has 0 saturated heterocycles. The van der Waals surface area contributed by atoms with Gasteiger partial charge in [0.2, 0.25) is 0 Å². The molecule has 3 nitrogen and oxygen atoms in total. The van der Waals surface area contributed by atoms with Crippen LogP contribution in [0.3, 0.4) is 0 Å². The van der Waals surface area contributed by atoms with Gasteiger partial charge in [0.1, 0.15) is 11.3 Å². The molecule has 3 heteroatoms. The van der Waals surface area contributed by atoms with E-state index in [4.69, 9.17) is 9.15 Å². The third kappa shape index (κ3) is 2.57. The zero-order valence-electron chi connectivity index (χ0n) is 12.8. The molecule has 0 aliphatic heterocycles. The second-order valence-electron chi connectivity index (χ2n) is 5.39.